The van der Waals surface area contributed by atoms with Crippen LogP contribution in [0.4, 0.5) is 5.82 Å². The highest BCUT2D eigenvalue weighted by Gasteiger charge is 2.22. The van der Waals surface area contributed by atoms with Crippen molar-refractivity contribution in [1.82, 2.24) is 9.88 Å². The number of pyridine rings is 1. The van der Waals surface area contributed by atoms with Crippen molar-refractivity contribution in [3.63, 3.8) is 0 Å². The summed E-state index contributed by atoms with van der Waals surface area (Å²) >= 11 is 3.66. The standard InChI is InChI=1S/C14H22BrN3/c1-4-12(3)17-7-9-18(10-8-17)14-13(15)11(2)5-6-16-14/h5-6,12H,4,7-10H2,1-3H3. The zero-order valence-electron chi connectivity index (χ0n) is 11.5. The molecule has 2 heterocycles. The molecule has 1 aromatic heterocycles. The van der Waals surface area contributed by atoms with E-state index in [1.54, 1.807) is 0 Å². The Bertz CT molecular complexity index is 400. The lowest BCUT2D eigenvalue weighted by Crippen LogP contribution is -2.49. The van der Waals surface area contributed by atoms with Crippen LogP contribution in [0.5, 0.6) is 0 Å². The third-order valence-electron chi connectivity index (χ3n) is 3.89. The van der Waals surface area contributed by atoms with E-state index < -0.39 is 0 Å². The van der Waals surface area contributed by atoms with Gasteiger partial charge in [-0.05, 0) is 47.8 Å². The molecule has 1 fully saturated rings. The molecule has 0 spiro atoms. The van der Waals surface area contributed by atoms with Crippen LogP contribution in [0.2, 0.25) is 0 Å². The Hall–Kier alpha value is -0.610. The number of aryl methyl sites for hydroxylation is 1. The second kappa shape index (κ2) is 6.02. The van der Waals surface area contributed by atoms with Gasteiger partial charge in [-0.2, -0.15) is 0 Å². The first kappa shape index (κ1) is 13.8. The second-order valence-electron chi connectivity index (χ2n) is 5.05. The van der Waals surface area contributed by atoms with Crippen LogP contribution in [-0.4, -0.2) is 42.1 Å². The van der Waals surface area contributed by atoms with Gasteiger partial charge in [-0.3, -0.25) is 4.90 Å². The predicted molar refractivity (Wildman–Crippen MR) is 80.2 cm³/mol. The zero-order valence-corrected chi connectivity index (χ0v) is 13.1. The molecule has 1 unspecified atom stereocenters. The Morgan fingerprint density at radius 1 is 1.33 bits per heavy atom. The van der Waals surface area contributed by atoms with Crippen molar-refractivity contribution in [2.24, 2.45) is 0 Å². The van der Waals surface area contributed by atoms with Gasteiger partial charge in [0.2, 0.25) is 0 Å². The minimum absolute atomic E-state index is 0.695. The Kier molecular flexibility index (Phi) is 4.62. The second-order valence-corrected chi connectivity index (χ2v) is 5.84. The number of anilines is 1. The summed E-state index contributed by atoms with van der Waals surface area (Å²) < 4.78 is 1.14. The van der Waals surface area contributed by atoms with Crippen LogP contribution in [0, 0.1) is 6.92 Å². The van der Waals surface area contributed by atoms with Crippen LogP contribution < -0.4 is 4.90 Å². The van der Waals surface area contributed by atoms with Crippen molar-refractivity contribution in [3.8, 4) is 0 Å². The van der Waals surface area contributed by atoms with Crippen molar-refractivity contribution in [3.05, 3.63) is 22.3 Å². The molecular formula is C14H22BrN3. The molecule has 0 saturated carbocycles. The topological polar surface area (TPSA) is 19.4 Å². The monoisotopic (exact) mass is 311 g/mol. The van der Waals surface area contributed by atoms with Gasteiger partial charge in [0.05, 0.1) is 4.47 Å². The van der Waals surface area contributed by atoms with E-state index in [4.69, 9.17) is 0 Å². The van der Waals surface area contributed by atoms with E-state index >= 15 is 0 Å². The van der Waals surface area contributed by atoms with E-state index in [2.05, 4.69) is 51.5 Å². The molecule has 0 amide bonds. The van der Waals surface area contributed by atoms with Crippen LogP contribution in [-0.2, 0) is 0 Å². The number of halogens is 1. The molecule has 0 radical (unpaired) electrons. The fourth-order valence-electron chi connectivity index (χ4n) is 2.38. The van der Waals surface area contributed by atoms with Crippen molar-refractivity contribution < 1.29 is 0 Å². The minimum atomic E-state index is 0.695. The molecule has 1 aliphatic heterocycles. The molecule has 18 heavy (non-hydrogen) atoms. The average molecular weight is 312 g/mol. The number of piperazine rings is 1. The number of nitrogens with zero attached hydrogens (tertiary/aromatic N) is 3. The molecule has 0 bridgehead atoms. The highest BCUT2D eigenvalue weighted by atomic mass is 79.9. The maximum absolute atomic E-state index is 4.51. The highest BCUT2D eigenvalue weighted by molar-refractivity contribution is 9.10. The fourth-order valence-corrected chi connectivity index (χ4v) is 2.86. The molecule has 0 aliphatic carbocycles. The summed E-state index contributed by atoms with van der Waals surface area (Å²) in [6, 6.07) is 2.74. The van der Waals surface area contributed by atoms with Crippen LogP contribution in [0.25, 0.3) is 0 Å². The maximum atomic E-state index is 4.51. The lowest BCUT2D eigenvalue weighted by Gasteiger charge is -2.38. The van der Waals surface area contributed by atoms with Gasteiger partial charge in [0, 0.05) is 38.4 Å². The normalized spacial score (nSPS) is 19.0. The zero-order chi connectivity index (χ0) is 13.1. The van der Waals surface area contributed by atoms with Gasteiger partial charge in [0.25, 0.3) is 0 Å². The van der Waals surface area contributed by atoms with Crippen LogP contribution in [0.3, 0.4) is 0 Å². The Balaban J connectivity index is 2.03. The first-order valence-electron chi connectivity index (χ1n) is 6.73. The van der Waals surface area contributed by atoms with Gasteiger partial charge in [-0.15, -0.1) is 0 Å². The molecule has 1 aliphatic rings. The summed E-state index contributed by atoms with van der Waals surface area (Å²) in [6.45, 7) is 11.1. The van der Waals surface area contributed by atoms with Crippen LogP contribution in [0.15, 0.2) is 16.7 Å². The molecule has 3 nitrogen and oxygen atoms in total. The van der Waals surface area contributed by atoms with Gasteiger partial charge in [0.1, 0.15) is 5.82 Å². The number of rotatable bonds is 3. The quantitative estimate of drug-likeness (QED) is 0.855. The molecule has 0 aromatic carbocycles. The molecule has 4 heteroatoms. The Morgan fingerprint density at radius 3 is 2.61 bits per heavy atom. The van der Waals surface area contributed by atoms with E-state index in [0.29, 0.717) is 6.04 Å². The Morgan fingerprint density at radius 2 is 2.00 bits per heavy atom. The first-order valence-corrected chi connectivity index (χ1v) is 7.53. The predicted octanol–water partition coefficient (Wildman–Crippen LogP) is 3.07. The summed E-state index contributed by atoms with van der Waals surface area (Å²) in [4.78, 5) is 9.47. The van der Waals surface area contributed by atoms with E-state index in [0.717, 1.165) is 36.5 Å². The number of hydrogen-bond acceptors (Lipinski definition) is 3. The fraction of sp³-hybridized carbons (Fsp3) is 0.643. The van der Waals surface area contributed by atoms with Gasteiger partial charge in [-0.25, -0.2) is 4.98 Å². The highest BCUT2D eigenvalue weighted by Crippen LogP contribution is 2.27. The van der Waals surface area contributed by atoms with Crippen molar-refractivity contribution in [2.45, 2.75) is 33.2 Å². The number of aromatic nitrogens is 1. The van der Waals surface area contributed by atoms with Gasteiger partial charge in [0.15, 0.2) is 0 Å². The third kappa shape index (κ3) is 2.86. The lowest BCUT2D eigenvalue weighted by molar-refractivity contribution is 0.192. The minimum Gasteiger partial charge on any atom is -0.353 e. The van der Waals surface area contributed by atoms with Gasteiger partial charge in [-0.1, -0.05) is 6.92 Å². The van der Waals surface area contributed by atoms with Crippen LogP contribution >= 0.6 is 15.9 Å². The summed E-state index contributed by atoms with van der Waals surface area (Å²) in [5, 5.41) is 0. The average Bonchev–Trinajstić information content (AvgIpc) is 2.41. The van der Waals surface area contributed by atoms with Crippen molar-refractivity contribution in [1.29, 1.82) is 0 Å². The molecule has 2 rings (SSSR count). The lowest BCUT2D eigenvalue weighted by atomic mass is 10.2. The van der Waals surface area contributed by atoms with Crippen molar-refractivity contribution in [2.75, 3.05) is 31.1 Å². The van der Waals surface area contributed by atoms with E-state index in [1.165, 1.54) is 12.0 Å². The molecule has 100 valence electrons. The third-order valence-corrected chi connectivity index (χ3v) is 4.87. The molecular weight excluding hydrogens is 290 g/mol. The van der Waals surface area contributed by atoms with Gasteiger partial charge < -0.3 is 4.90 Å². The van der Waals surface area contributed by atoms with Crippen molar-refractivity contribution >= 4 is 21.7 Å². The largest absolute Gasteiger partial charge is 0.353 e. The Labute approximate surface area is 118 Å². The first-order chi connectivity index (χ1) is 8.63. The maximum Gasteiger partial charge on any atom is 0.143 e. The van der Waals surface area contributed by atoms with E-state index in [1.807, 2.05) is 12.3 Å². The van der Waals surface area contributed by atoms with E-state index in [-0.39, 0.29) is 0 Å². The smallest absolute Gasteiger partial charge is 0.143 e. The van der Waals surface area contributed by atoms with Gasteiger partial charge >= 0.3 is 0 Å². The summed E-state index contributed by atoms with van der Waals surface area (Å²) in [5.74, 6) is 1.10. The summed E-state index contributed by atoms with van der Waals surface area (Å²) in [5.41, 5.74) is 1.25. The van der Waals surface area contributed by atoms with E-state index in [9.17, 15) is 0 Å². The number of hydrogen-bond donors (Lipinski definition) is 0. The van der Waals surface area contributed by atoms with Crippen LogP contribution in [0.1, 0.15) is 25.8 Å². The SMILES string of the molecule is CCC(C)N1CCN(c2nccc(C)c2Br)CC1. The molecule has 1 atom stereocenters. The summed E-state index contributed by atoms with van der Waals surface area (Å²) in [7, 11) is 0. The molecule has 0 N–H and O–H groups in total. The molecule has 1 aromatic rings. The molecule has 1 saturated heterocycles. The summed E-state index contributed by atoms with van der Waals surface area (Å²) in [6.07, 6.45) is 3.13.